The van der Waals surface area contributed by atoms with Crippen molar-refractivity contribution < 1.29 is 26.5 Å². The van der Waals surface area contributed by atoms with Gasteiger partial charge in [-0.05, 0) is 42.7 Å². The van der Waals surface area contributed by atoms with Crippen LogP contribution in [0.3, 0.4) is 0 Å². The van der Waals surface area contributed by atoms with E-state index in [1.165, 1.54) is 7.11 Å². The van der Waals surface area contributed by atoms with Crippen molar-refractivity contribution in [3.63, 3.8) is 0 Å². The Bertz CT molecular complexity index is 871. The predicted octanol–water partition coefficient (Wildman–Crippen LogP) is 2.57. The van der Waals surface area contributed by atoms with E-state index in [2.05, 4.69) is 0 Å². The Morgan fingerprint density at radius 3 is 2.58 bits per heavy atom. The molecule has 7 nitrogen and oxygen atoms in total. The van der Waals surface area contributed by atoms with Crippen LogP contribution >= 0.6 is 0 Å². The molecule has 0 atom stereocenters. The third-order valence-electron chi connectivity index (χ3n) is 4.01. The number of amides is 1. The third-order valence-corrected chi connectivity index (χ3v) is 4.49. The molecule has 0 bridgehead atoms. The van der Waals surface area contributed by atoms with Crippen LogP contribution in [0.15, 0.2) is 41.0 Å². The Morgan fingerprint density at radius 2 is 2.00 bits per heavy atom. The molecule has 0 saturated heterocycles. The largest absolute Gasteiger partial charge is 0.493 e. The summed E-state index contributed by atoms with van der Waals surface area (Å²) in [5.74, 6) is 1.24. The molecule has 1 aromatic carbocycles. The van der Waals surface area contributed by atoms with Crippen molar-refractivity contribution in [2.45, 2.75) is 25.9 Å². The molecular weight excluding hydrogens is 358 g/mol. The van der Waals surface area contributed by atoms with Gasteiger partial charge in [-0.25, -0.2) is 0 Å². The summed E-state index contributed by atoms with van der Waals surface area (Å²) < 4.78 is 38.4. The molecule has 0 aliphatic heterocycles. The Balaban J connectivity index is 1.83. The van der Waals surface area contributed by atoms with E-state index in [1.54, 1.807) is 35.4 Å². The number of hydrogen-bond acceptors (Lipinski definition) is 6. The van der Waals surface area contributed by atoms with Crippen LogP contribution in [0.25, 0.3) is 0 Å². The Hall–Kier alpha value is -2.48. The first-order valence-corrected chi connectivity index (χ1v) is 10.0. The Labute approximate surface area is 152 Å². The Morgan fingerprint density at radius 1 is 1.23 bits per heavy atom. The summed E-state index contributed by atoms with van der Waals surface area (Å²) in [5.41, 5.74) is 0.741. The lowest BCUT2D eigenvalue weighted by Gasteiger charge is -2.22. The van der Waals surface area contributed by atoms with Crippen LogP contribution in [-0.4, -0.2) is 32.6 Å². The second-order valence-corrected chi connectivity index (χ2v) is 7.90. The highest BCUT2D eigenvalue weighted by Crippen LogP contribution is 2.33. The van der Waals surface area contributed by atoms with Crippen molar-refractivity contribution >= 4 is 16.0 Å². The van der Waals surface area contributed by atoms with Gasteiger partial charge in [-0.15, -0.1) is 0 Å². The molecule has 0 unspecified atom stereocenters. The number of methoxy groups -OCH3 is 1. The first kappa shape index (κ1) is 18.3. The maximum Gasteiger partial charge on any atom is 0.306 e. The van der Waals surface area contributed by atoms with Gasteiger partial charge in [0.15, 0.2) is 11.5 Å². The van der Waals surface area contributed by atoms with Gasteiger partial charge in [-0.1, -0.05) is 6.07 Å². The molecule has 140 valence electrons. The number of furan rings is 1. The molecule has 1 aliphatic carbocycles. The maximum absolute atomic E-state index is 12.6. The molecule has 1 heterocycles. The zero-order valence-corrected chi connectivity index (χ0v) is 15.5. The summed E-state index contributed by atoms with van der Waals surface area (Å²) in [6, 6.07) is 8.58. The summed E-state index contributed by atoms with van der Waals surface area (Å²) >= 11 is 0. The third kappa shape index (κ3) is 4.78. The van der Waals surface area contributed by atoms with Crippen LogP contribution in [0.2, 0.25) is 0 Å². The first-order chi connectivity index (χ1) is 12.4. The normalized spacial score (nSPS) is 14.1. The number of hydrogen-bond donors (Lipinski definition) is 0. The highest BCUT2D eigenvalue weighted by atomic mass is 32.2. The van der Waals surface area contributed by atoms with Crippen molar-refractivity contribution in [1.82, 2.24) is 4.90 Å². The minimum atomic E-state index is -3.69. The van der Waals surface area contributed by atoms with E-state index in [-0.39, 0.29) is 17.6 Å². The van der Waals surface area contributed by atoms with E-state index in [0.29, 0.717) is 24.6 Å². The van der Waals surface area contributed by atoms with Crippen LogP contribution in [0.4, 0.5) is 0 Å². The van der Waals surface area contributed by atoms with Crippen molar-refractivity contribution in [1.29, 1.82) is 0 Å². The van der Waals surface area contributed by atoms with Crippen molar-refractivity contribution in [2.75, 3.05) is 13.4 Å². The lowest BCUT2D eigenvalue weighted by atomic mass is 10.1. The van der Waals surface area contributed by atoms with E-state index in [9.17, 15) is 13.2 Å². The molecule has 26 heavy (non-hydrogen) atoms. The van der Waals surface area contributed by atoms with Gasteiger partial charge < -0.3 is 18.2 Å². The highest BCUT2D eigenvalue weighted by molar-refractivity contribution is 7.86. The summed E-state index contributed by atoms with van der Waals surface area (Å²) in [4.78, 5) is 14.3. The van der Waals surface area contributed by atoms with Crippen LogP contribution in [0.5, 0.6) is 11.5 Å². The zero-order valence-electron chi connectivity index (χ0n) is 14.7. The molecule has 1 aromatic heterocycles. The minimum Gasteiger partial charge on any atom is -0.493 e. The number of rotatable bonds is 8. The lowest BCUT2D eigenvalue weighted by molar-refractivity contribution is -0.134. The summed E-state index contributed by atoms with van der Waals surface area (Å²) in [5, 5.41) is 0. The molecule has 0 N–H and O–H groups in total. The van der Waals surface area contributed by atoms with E-state index >= 15 is 0 Å². The van der Waals surface area contributed by atoms with Crippen molar-refractivity contribution in [3.05, 3.63) is 47.9 Å². The molecule has 8 heteroatoms. The van der Waals surface area contributed by atoms with Crippen LogP contribution in [0.1, 0.15) is 24.2 Å². The first-order valence-electron chi connectivity index (χ1n) is 8.23. The lowest BCUT2D eigenvalue weighted by Crippen LogP contribution is -2.31. The summed E-state index contributed by atoms with van der Waals surface area (Å²) in [6.07, 6.45) is 4.34. The number of ether oxygens (including phenoxy) is 1. The molecule has 2 aromatic rings. The monoisotopic (exact) mass is 379 g/mol. The number of carbonyl (C=O) groups excluding carboxylic acids is 1. The quantitative estimate of drug-likeness (QED) is 0.655. The number of benzene rings is 1. The smallest absolute Gasteiger partial charge is 0.306 e. The molecule has 0 radical (unpaired) electrons. The van der Waals surface area contributed by atoms with Crippen molar-refractivity contribution in [2.24, 2.45) is 5.92 Å². The van der Waals surface area contributed by atoms with Crippen LogP contribution < -0.4 is 8.92 Å². The fourth-order valence-electron chi connectivity index (χ4n) is 2.66. The van der Waals surface area contributed by atoms with Gasteiger partial charge in [0.1, 0.15) is 5.76 Å². The molecule has 1 amide bonds. The minimum absolute atomic E-state index is 0.0648. The van der Waals surface area contributed by atoms with E-state index in [1.807, 2.05) is 6.07 Å². The van der Waals surface area contributed by atoms with E-state index in [4.69, 9.17) is 13.3 Å². The van der Waals surface area contributed by atoms with Gasteiger partial charge >= 0.3 is 10.1 Å². The summed E-state index contributed by atoms with van der Waals surface area (Å²) in [6.45, 7) is 0.677. The average Bonchev–Trinajstić information content (AvgIpc) is 3.30. The van der Waals surface area contributed by atoms with Crippen LogP contribution in [0, 0.1) is 5.92 Å². The fourth-order valence-corrected chi connectivity index (χ4v) is 3.12. The SMILES string of the molecule is COc1ccc(CN(Cc2ccco2)C(=O)C2CC2)cc1OS(C)(=O)=O. The standard InChI is InChI=1S/C18H21NO6S/c1-23-16-8-5-13(10-17(16)25-26(2,21)22)11-19(18(20)14-6-7-14)12-15-4-3-9-24-15/h3-5,8-10,14H,6-7,11-12H2,1-2H3. The molecule has 1 fully saturated rings. The Kier molecular flexibility index (Phi) is 5.22. The van der Waals surface area contributed by atoms with Gasteiger partial charge in [0.2, 0.25) is 5.91 Å². The zero-order chi connectivity index (χ0) is 18.7. The van der Waals surface area contributed by atoms with Crippen LogP contribution in [-0.2, 0) is 28.0 Å². The molecule has 1 aliphatic rings. The highest BCUT2D eigenvalue weighted by Gasteiger charge is 2.33. The van der Waals surface area contributed by atoms with Gasteiger partial charge in [0.25, 0.3) is 0 Å². The number of carbonyl (C=O) groups is 1. The maximum atomic E-state index is 12.6. The topological polar surface area (TPSA) is 86.0 Å². The predicted molar refractivity (Wildman–Crippen MR) is 94.2 cm³/mol. The summed E-state index contributed by atoms with van der Waals surface area (Å²) in [7, 11) is -2.26. The molecule has 1 saturated carbocycles. The fraction of sp³-hybridized carbons (Fsp3) is 0.389. The van der Waals surface area contributed by atoms with Gasteiger partial charge in [0.05, 0.1) is 26.2 Å². The van der Waals surface area contributed by atoms with Crippen molar-refractivity contribution in [3.8, 4) is 11.5 Å². The molecule has 0 spiro atoms. The molecule has 3 rings (SSSR count). The average molecular weight is 379 g/mol. The van der Waals surface area contributed by atoms with Gasteiger partial charge in [-0.3, -0.25) is 4.79 Å². The molecular formula is C18H21NO6S. The number of nitrogens with zero attached hydrogens (tertiary/aromatic N) is 1. The van der Waals surface area contributed by atoms with Gasteiger partial charge in [0, 0.05) is 12.5 Å². The van der Waals surface area contributed by atoms with Gasteiger partial charge in [-0.2, -0.15) is 8.42 Å². The van der Waals surface area contributed by atoms with E-state index in [0.717, 1.165) is 24.7 Å². The second kappa shape index (κ2) is 7.41. The van der Waals surface area contributed by atoms with E-state index < -0.39 is 10.1 Å². The second-order valence-electron chi connectivity index (χ2n) is 6.32.